The van der Waals surface area contributed by atoms with Crippen LogP contribution < -0.4 is 19.4 Å². The minimum absolute atomic E-state index is 0.00920. The quantitative estimate of drug-likeness (QED) is 0.233. The minimum atomic E-state index is -5.84. The van der Waals surface area contributed by atoms with Crippen molar-refractivity contribution in [3.8, 4) is 17.0 Å². The number of alkyl halides is 3. The number of carbonyl (C=O) groups excluding carboxylic acids is 1. The van der Waals surface area contributed by atoms with Crippen LogP contribution in [0.4, 0.5) is 37.7 Å². The Morgan fingerprint density at radius 2 is 1.66 bits per heavy atom. The molecule has 5 rings (SSSR count). The molecule has 3 heterocycles. The van der Waals surface area contributed by atoms with Crippen molar-refractivity contribution in [2.24, 2.45) is 0 Å². The first kappa shape index (κ1) is 30.8. The molecule has 0 radical (unpaired) electrons. The van der Waals surface area contributed by atoms with Crippen LogP contribution in [0.3, 0.4) is 0 Å². The monoisotopic (exact) mass is 641 g/mol. The number of pyridine rings is 2. The fraction of sp³-hybridized carbons (Fsp3) is 0.222. The maximum Gasteiger partial charge on any atom is 0.493 e. The number of piperazine rings is 1. The molecule has 1 fully saturated rings. The number of hydrogen-bond donors (Lipinski definition) is 1. The molecule has 4 aromatic rings. The van der Waals surface area contributed by atoms with Gasteiger partial charge in [0.05, 0.1) is 12.6 Å². The van der Waals surface area contributed by atoms with Gasteiger partial charge in [0.15, 0.2) is 10.6 Å². The number of nitrogens with zero attached hydrogens (tertiary/aromatic N) is 4. The first-order valence-corrected chi connectivity index (χ1v) is 14.1. The molecule has 1 aliphatic heterocycles. The normalized spacial score (nSPS) is 14.0. The van der Waals surface area contributed by atoms with Gasteiger partial charge in [-0.15, -0.1) is 0 Å². The van der Waals surface area contributed by atoms with E-state index < -0.39 is 60.6 Å². The van der Waals surface area contributed by atoms with E-state index in [0.29, 0.717) is 29.6 Å². The molecular weight excluding hydrogens is 620 g/mol. The second kappa shape index (κ2) is 11.8. The highest BCUT2D eigenvalue weighted by Gasteiger charge is 2.46. The Morgan fingerprint density at radius 1 is 0.977 bits per heavy atom. The summed E-state index contributed by atoms with van der Waals surface area (Å²) in [5, 5.41) is 3.94. The molecule has 232 valence electrons. The fourth-order valence-corrected chi connectivity index (χ4v) is 5.92. The topological polar surface area (TPSA) is 114 Å². The highest BCUT2D eigenvalue weighted by molar-refractivity contribution is 7.92. The Bertz CT molecular complexity index is 1830. The van der Waals surface area contributed by atoms with Gasteiger partial charge in [0.1, 0.15) is 17.5 Å². The number of carbonyl (C=O) groups is 1. The molecule has 0 atom stereocenters. The lowest BCUT2D eigenvalue weighted by Gasteiger charge is -2.30. The SMILES string of the molecule is COc1ncc(-c2ccc3nccc(N4CCNCC4)c3c2)cc1N(OC(=O)C(F)(F)F)S(=O)(=O)c1c(F)cc(F)cc1F. The van der Waals surface area contributed by atoms with Crippen LogP contribution in [0.15, 0.2) is 59.8 Å². The van der Waals surface area contributed by atoms with Crippen LogP contribution in [0.1, 0.15) is 0 Å². The maximum absolute atomic E-state index is 14.6. The lowest BCUT2D eigenvalue weighted by molar-refractivity contribution is -0.199. The number of anilines is 2. The van der Waals surface area contributed by atoms with E-state index in [1.54, 1.807) is 24.4 Å². The first-order valence-electron chi connectivity index (χ1n) is 12.7. The van der Waals surface area contributed by atoms with Crippen molar-refractivity contribution < 1.29 is 49.1 Å². The van der Waals surface area contributed by atoms with Crippen molar-refractivity contribution in [3.05, 3.63) is 72.3 Å². The first-order chi connectivity index (χ1) is 20.8. The Labute approximate surface area is 245 Å². The van der Waals surface area contributed by atoms with E-state index in [4.69, 9.17) is 4.74 Å². The molecule has 0 amide bonds. The van der Waals surface area contributed by atoms with Crippen molar-refractivity contribution in [3.63, 3.8) is 0 Å². The molecular formula is C27H21F6N5O5S. The summed E-state index contributed by atoms with van der Waals surface area (Å²) in [5.74, 6) is -9.25. The van der Waals surface area contributed by atoms with Gasteiger partial charge in [-0.1, -0.05) is 10.5 Å². The van der Waals surface area contributed by atoms with Gasteiger partial charge in [-0.25, -0.2) is 22.9 Å². The van der Waals surface area contributed by atoms with Crippen molar-refractivity contribution in [2.75, 3.05) is 42.7 Å². The van der Waals surface area contributed by atoms with E-state index >= 15 is 0 Å². The van der Waals surface area contributed by atoms with E-state index in [2.05, 4.69) is 25.0 Å². The summed E-state index contributed by atoms with van der Waals surface area (Å²) in [5.41, 5.74) is 0.958. The number of methoxy groups -OCH3 is 1. The molecule has 1 N–H and O–H groups in total. The summed E-state index contributed by atoms with van der Waals surface area (Å²) in [6, 6.07) is 7.65. The van der Waals surface area contributed by atoms with Crippen molar-refractivity contribution in [1.82, 2.24) is 15.3 Å². The molecule has 0 bridgehead atoms. The van der Waals surface area contributed by atoms with Crippen LogP contribution in [0, 0.1) is 17.5 Å². The number of sulfonamides is 1. The van der Waals surface area contributed by atoms with Crippen LogP contribution >= 0.6 is 0 Å². The van der Waals surface area contributed by atoms with Crippen molar-refractivity contribution in [1.29, 1.82) is 0 Å². The molecule has 44 heavy (non-hydrogen) atoms. The van der Waals surface area contributed by atoms with Gasteiger partial charge in [-0.2, -0.15) is 21.6 Å². The van der Waals surface area contributed by atoms with Crippen LogP contribution in [0.5, 0.6) is 5.88 Å². The van der Waals surface area contributed by atoms with Gasteiger partial charge >= 0.3 is 22.2 Å². The number of rotatable bonds is 7. The number of aromatic nitrogens is 2. The fourth-order valence-electron chi connectivity index (χ4n) is 4.59. The van der Waals surface area contributed by atoms with E-state index in [1.165, 1.54) is 6.20 Å². The van der Waals surface area contributed by atoms with Crippen molar-refractivity contribution >= 4 is 38.3 Å². The third kappa shape index (κ3) is 5.92. The predicted molar refractivity (Wildman–Crippen MR) is 145 cm³/mol. The Morgan fingerprint density at radius 3 is 2.30 bits per heavy atom. The summed E-state index contributed by atoms with van der Waals surface area (Å²) < 4.78 is 114. The largest absolute Gasteiger partial charge is 0.493 e. The van der Waals surface area contributed by atoms with Gasteiger partial charge in [0, 0.05) is 67.3 Å². The van der Waals surface area contributed by atoms with Crippen LogP contribution in [-0.2, 0) is 19.7 Å². The zero-order chi connectivity index (χ0) is 31.8. The van der Waals surface area contributed by atoms with Gasteiger partial charge < -0.3 is 19.8 Å². The molecule has 0 saturated carbocycles. The minimum Gasteiger partial charge on any atom is -0.479 e. The third-order valence-corrected chi connectivity index (χ3v) is 8.18. The van der Waals surface area contributed by atoms with Crippen LogP contribution in [-0.4, -0.2) is 63.8 Å². The van der Waals surface area contributed by atoms with E-state index in [9.17, 15) is 39.6 Å². The molecule has 0 spiro atoms. The number of benzene rings is 2. The average molecular weight is 642 g/mol. The van der Waals surface area contributed by atoms with Gasteiger partial charge in [0.25, 0.3) is 0 Å². The standard InChI is InChI=1S/C27H21F6N5O5S/c1-42-25-23(38(43-26(39)27(31,32)33)44(40,41)24-19(29)12-17(28)13-20(24)30)11-16(14-36-25)15-2-3-21-18(10-15)22(4-5-35-21)37-8-6-34-7-9-37/h2-5,10-14,34H,6-9H2,1H3. The molecule has 0 aliphatic carbocycles. The number of hydrogen-bond acceptors (Lipinski definition) is 9. The summed E-state index contributed by atoms with van der Waals surface area (Å²) in [7, 11) is -4.87. The number of nitrogens with one attached hydrogen (secondary N) is 1. The van der Waals surface area contributed by atoms with Gasteiger partial charge in [0.2, 0.25) is 5.88 Å². The molecule has 1 saturated heterocycles. The predicted octanol–water partition coefficient (Wildman–Crippen LogP) is 4.35. The highest BCUT2D eigenvalue weighted by atomic mass is 32.2. The molecule has 1 aliphatic rings. The van der Waals surface area contributed by atoms with Crippen LogP contribution in [0.2, 0.25) is 0 Å². The van der Waals surface area contributed by atoms with E-state index in [1.807, 2.05) is 6.07 Å². The van der Waals surface area contributed by atoms with Gasteiger partial charge in [-0.05, 0) is 29.8 Å². The zero-order valence-electron chi connectivity index (χ0n) is 22.5. The number of fused-ring (bicyclic) bond motifs is 1. The summed E-state index contributed by atoms with van der Waals surface area (Å²) in [4.78, 5) is 24.6. The Balaban J connectivity index is 1.68. The van der Waals surface area contributed by atoms with E-state index in [0.717, 1.165) is 32.0 Å². The van der Waals surface area contributed by atoms with Crippen molar-refractivity contribution in [2.45, 2.75) is 11.1 Å². The maximum atomic E-state index is 14.6. The highest BCUT2D eigenvalue weighted by Crippen LogP contribution is 2.38. The molecule has 2 aromatic carbocycles. The molecule has 10 nitrogen and oxygen atoms in total. The zero-order valence-corrected chi connectivity index (χ0v) is 23.3. The number of ether oxygens (including phenoxy) is 1. The summed E-state index contributed by atoms with van der Waals surface area (Å²) in [6.45, 7) is 2.88. The molecule has 17 heteroatoms. The Hall–Kier alpha value is -4.64. The van der Waals surface area contributed by atoms with Gasteiger partial charge in [-0.3, -0.25) is 4.98 Å². The van der Waals surface area contributed by atoms with E-state index in [-0.39, 0.29) is 17.7 Å². The number of halogens is 6. The van der Waals surface area contributed by atoms with Crippen LogP contribution in [0.25, 0.3) is 22.0 Å². The summed E-state index contributed by atoms with van der Waals surface area (Å²) in [6.07, 6.45) is -2.91. The molecule has 0 unspecified atom stereocenters. The lowest BCUT2D eigenvalue weighted by atomic mass is 10.0. The second-order valence-electron chi connectivity index (χ2n) is 9.36. The second-order valence-corrected chi connectivity index (χ2v) is 11.0. The molecule has 2 aromatic heterocycles. The Kier molecular flexibility index (Phi) is 8.26. The lowest BCUT2D eigenvalue weighted by Crippen LogP contribution is -2.43. The average Bonchev–Trinajstić information content (AvgIpc) is 2.98. The third-order valence-electron chi connectivity index (χ3n) is 6.57. The summed E-state index contributed by atoms with van der Waals surface area (Å²) >= 11 is 0. The smallest absolute Gasteiger partial charge is 0.479 e.